The normalized spacial score (nSPS) is 9.64. The summed E-state index contributed by atoms with van der Waals surface area (Å²) in [5.41, 5.74) is 1.48. The zero-order chi connectivity index (χ0) is 8.27. The van der Waals surface area contributed by atoms with Gasteiger partial charge in [-0.2, -0.15) is 0 Å². The highest BCUT2D eigenvalue weighted by Gasteiger charge is 2.09. The van der Waals surface area contributed by atoms with Gasteiger partial charge in [0.05, 0.1) is 0 Å². The molecule has 59 valence electrons. The number of amides is 1. The summed E-state index contributed by atoms with van der Waals surface area (Å²) in [6.07, 6.45) is 0.422. The Morgan fingerprint density at radius 3 is 3.09 bits per heavy atom. The Balaban J connectivity index is 2.80. The molecular formula is C6H7N2O3. The molecule has 1 amide bonds. The number of hydroxylamine groups is 1. The maximum absolute atomic E-state index is 10.6. The standard InChI is InChI=1S/C6H7N2O3/c1-2-4-3-5(8-11-4)6(9)7-10/h3,10H,1-2H2,(H,7,9). The molecule has 0 spiro atoms. The van der Waals surface area contributed by atoms with Gasteiger partial charge in [-0.1, -0.05) is 5.16 Å². The van der Waals surface area contributed by atoms with Crippen LogP contribution in [0.15, 0.2) is 10.6 Å². The lowest BCUT2D eigenvalue weighted by atomic mass is 10.3. The Hall–Kier alpha value is -1.36. The second kappa shape index (κ2) is 3.16. The van der Waals surface area contributed by atoms with Gasteiger partial charge in [-0.15, -0.1) is 0 Å². The lowest BCUT2D eigenvalue weighted by molar-refractivity contribution is 0.0696. The average Bonchev–Trinajstić information content (AvgIpc) is 2.50. The molecule has 0 aliphatic carbocycles. The molecule has 0 saturated heterocycles. The second-order valence-corrected chi connectivity index (χ2v) is 1.87. The zero-order valence-corrected chi connectivity index (χ0v) is 5.70. The molecule has 0 bridgehead atoms. The van der Waals surface area contributed by atoms with Crippen molar-refractivity contribution in [3.05, 3.63) is 24.4 Å². The molecule has 0 aliphatic rings. The van der Waals surface area contributed by atoms with Crippen molar-refractivity contribution in [3.63, 3.8) is 0 Å². The van der Waals surface area contributed by atoms with Crippen molar-refractivity contribution in [1.29, 1.82) is 0 Å². The maximum atomic E-state index is 10.6. The van der Waals surface area contributed by atoms with Crippen molar-refractivity contribution in [3.8, 4) is 0 Å². The number of rotatable bonds is 2. The first-order chi connectivity index (χ1) is 5.27. The number of carbonyl (C=O) groups is 1. The third-order valence-corrected chi connectivity index (χ3v) is 1.14. The molecular weight excluding hydrogens is 148 g/mol. The largest absolute Gasteiger partial charge is 0.361 e. The highest BCUT2D eigenvalue weighted by molar-refractivity contribution is 5.91. The van der Waals surface area contributed by atoms with Gasteiger partial charge in [0.25, 0.3) is 5.91 Å². The first-order valence-corrected chi connectivity index (χ1v) is 2.97. The molecule has 1 rings (SSSR count). The van der Waals surface area contributed by atoms with Crippen molar-refractivity contribution in [1.82, 2.24) is 10.6 Å². The van der Waals surface area contributed by atoms with Crippen molar-refractivity contribution in [2.24, 2.45) is 0 Å². The van der Waals surface area contributed by atoms with Crippen LogP contribution in [0.3, 0.4) is 0 Å². The molecule has 1 aromatic rings. The second-order valence-electron chi connectivity index (χ2n) is 1.87. The summed E-state index contributed by atoms with van der Waals surface area (Å²) in [6.45, 7) is 3.53. The third-order valence-electron chi connectivity index (χ3n) is 1.14. The molecule has 1 heterocycles. The van der Waals surface area contributed by atoms with E-state index in [0.717, 1.165) is 0 Å². The van der Waals surface area contributed by atoms with Crippen LogP contribution in [-0.4, -0.2) is 16.3 Å². The Labute approximate surface area is 63.0 Å². The molecule has 11 heavy (non-hydrogen) atoms. The van der Waals surface area contributed by atoms with Gasteiger partial charge in [-0.05, 0) is 6.92 Å². The Morgan fingerprint density at radius 2 is 2.64 bits per heavy atom. The smallest absolute Gasteiger partial charge is 0.296 e. The highest BCUT2D eigenvalue weighted by atomic mass is 16.5. The summed E-state index contributed by atoms with van der Waals surface area (Å²) in [4.78, 5) is 10.6. The van der Waals surface area contributed by atoms with Crippen molar-refractivity contribution < 1.29 is 14.5 Å². The van der Waals surface area contributed by atoms with E-state index in [0.29, 0.717) is 12.2 Å². The summed E-state index contributed by atoms with van der Waals surface area (Å²) < 4.78 is 4.65. The van der Waals surface area contributed by atoms with Gasteiger partial charge in [-0.25, -0.2) is 5.48 Å². The van der Waals surface area contributed by atoms with E-state index in [9.17, 15) is 4.79 Å². The number of aromatic nitrogens is 1. The Bertz CT molecular complexity index is 256. The molecule has 0 saturated carbocycles. The van der Waals surface area contributed by atoms with E-state index < -0.39 is 5.91 Å². The number of nitrogens with one attached hydrogen (secondary N) is 1. The van der Waals surface area contributed by atoms with Crippen LogP contribution in [-0.2, 0) is 6.42 Å². The summed E-state index contributed by atoms with van der Waals surface area (Å²) in [7, 11) is 0. The summed E-state index contributed by atoms with van der Waals surface area (Å²) in [5, 5.41) is 11.5. The predicted molar refractivity (Wildman–Crippen MR) is 34.8 cm³/mol. The van der Waals surface area contributed by atoms with E-state index in [1.165, 1.54) is 11.5 Å². The van der Waals surface area contributed by atoms with Gasteiger partial charge >= 0.3 is 0 Å². The van der Waals surface area contributed by atoms with Gasteiger partial charge < -0.3 is 4.52 Å². The van der Waals surface area contributed by atoms with Crippen LogP contribution in [0.1, 0.15) is 16.2 Å². The Morgan fingerprint density at radius 1 is 1.91 bits per heavy atom. The SMILES string of the molecule is [CH2]Cc1cc(C(=O)NO)no1. The molecule has 0 fully saturated rings. The number of hydrogen-bond donors (Lipinski definition) is 2. The molecule has 5 heteroatoms. The molecule has 0 aromatic carbocycles. The van der Waals surface area contributed by atoms with E-state index in [2.05, 4.69) is 16.6 Å². The van der Waals surface area contributed by atoms with Crippen LogP contribution >= 0.6 is 0 Å². The summed E-state index contributed by atoms with van der Waals surface area (Å²) in [6, 6.07) is 1.42. The van der Waals surface area contributed by atoms with Gasteiger partial charge in [0.15, 0.2) is 5.69 Å². The molecule has 0 unspecified atom stereocenters. The number of hydrogen-bond acceptors (Lipinski definition) is 4. The number of nitrogens with zero attached hydrogens (tertiary/aromatic N) is 1. The number of carbonyl (C=O) groups excluding carboxylic acids is 1. The van der Waals surface area contributed by atoms with Gasteiger partial charge in [0, 0.05) is 12.5 Å². The molecule has 2 N–H and O–H groups in total. The lowest BCUT2D eigenvalue weighted by Gasteiger charge is -1.87. The van der Waals surface area contributed by atoms with E-state index in [-0.39, 0.29) is 5.69 Å². The fourth-order valence-corrected chi connectivity index (χ4v) is 0.595. The van der Waals surface area contributed by atoms with Crippen LogP contribution in [0, 0.1) is 6.92 Å². The minimum Gasteiger partial charge on any atom is -0.361 e. The van der Waals surface area contributed by atoms with Gasteiger partial charge in [-0.3, -0.25) is 10.0 Å². The lowest BCUT2D eigenvalue weighted by Crippen LogP contribution is -2.18. The molecule has 0 aliphatic heterocycles. The van der Waals surface area contributed by atoms with E-state index in [4.69, 9.17) is 5.21 Å². The highest BCUT2D eigenvalue weighted by Crippen LogP contribution is 2.02. The van der Waals surface area contributed by atoms with Crippen LogP contribution in [0.4, 0.5) is 0 Å². The molecule has 1 aromatic heterocycles. The minimum absolute atomic E-state index is 0.0474. The quantitative estimate of drug-likeness (QED) is 0.471. The average molecular weight is 155 g/mol. The van der Waals surface area contributed by atoms with Gasteiger partial charge in [0.1, 0.15) is 5.76 Å². The predicted octanol–water partition coefficient (Wildman–Crippen LogP) is 0.170. The van der Waals surface area contributed by atoms with Crippen molar-refractivity contribution in [2.75, 3.05) is 0 Å². The molecule has 0 atom stereocenters. The minimum atomic E-state index is -0.687. The molecule has 5 nitrogen and oxygen atoms in total. The summed E-state index contributed by atoms with van der Waals surface area (Å²) in [5.74, 6) is -0.183. The van der Waals surface area contributed by atoms with E-state index in [1.807, 2.05) is 0 Å². The topological polar surface area (TPSA) is 75.4 Å². The third kappa shape index (κ3) is 1.56. The first kappa shape index (κ1) is 7.74. The zero-order valence-electron chi connectivity index (χ0n) is 5.70. The van der Waals surface area contributed by atoms with Crippen molar-refractivity contribution in [2.45, 2.75) is 6.42 Å². The van der Waals surface area contributed by atoms with Crippen LogP contribution in [0.5, 0.6) is 0 Å². The fraction of sp³-hybridized carbons (Fsp3) is 0.167. The van der Waals surface area contributed by atoms with E-state index >= 15 is 0 Å². The van der Waals surface area contributed by atoms with Crippen molar-refractivity contribution >= 4 is 5.91 Å². The van der Waals surface area contributed by atoms with Gasteiger partial charge in [0.2, 0.25) is 0 Å². The Kier molecular flexibility index (Phi) is 2.22. The summed E-state index contributed by atoms with van der Waals surface area (Å²) >= 11 is 0. The van der Waals surface area contributed by atoms with E-state index in [1.54, 1.807) is 0 Å². The van der Waals surface area contributed by atoms with Crippen LogP contribution in [0.25, 0.3) is 0 Å². The fourth-order valence-electron chi connectivity index (χ4n) is 0.595. The monoisotopic (exact) mass is 155 g/mol. The van der Waals surface area contributed by atoms with Crippen LogP contribution in [0.2, 0.25) is 0 Å². The van der Waals surface area contributed by atoms with Crippen LogP contribution < -0.4 is 5.48 Å². The maximum Gasteiger partial charge on any atom is 0.296 e. The molecule has 1 radical (unpaired) electrons. The first-order valence-electron chi connectivity index (χ1n) is 2.97.